The van der Waals surface area contributed by atoms with Crippen molar-refractivity contribution in [1.82, 2.24) is 5.32 Å². The van der Waals surface area contributed by atoms with Gasteiger partial charge in [0.2, 0.25) is 0 Å². The Balaban J connectivity index is 2.43. The minimum Gasteiger partial charge on any atom is -0.382 e. The van der Waals surface area contributed by atoms with Crippen LogP contribution in [-0.4, -0.2) is 32.3 Å². The van der Waals surface area contributed by atoms with E-state index < -0.39 is 0 Å². The minimum absolute atomic E-state index is 0.315. The van der Waals surface area contributed by atoms with Crippen LogP contribution in [0.3, 0.4) is 0 Å². The molecule has 1 aliphatic carbocycles. The first-order chi connectivity index (χ1) is 8.72. The predicted molar refractivity (Wildman–Crippen MR) is 76.7 cm³/mol. The molecule has 18 heavy (non-hydrogen) atoms. The molecular formula is C14H27N3O. The van der Waals surface area contributed by atoms with Crippen molar-refractivity contribution in [2.75, 3.05) is 26.3 Å². The molecular weight excluding hydrogens is 226 g/mol. The van der Waals surface area contributed by atoms with E-state index in [0.717, 1.165) is 26.2 Å². The van der Waals surface area contributed by atoms with Gasteiger partial charge in [0, 0.05) is 26.3 Å². The van der Waals surface area contributed by atoms with Crippen LogP contribution in [0.2, 0.25) is 0 Å². The molecule has 104 valence electrons. The number of nitrogens with one attached hydrogen (secondary N) is 1. The van der Waals surface area contributed by atoms with Gasteiger partial charge in [-0.2, -0.15) is 0 Å². The fourth-order valence-corrected chi connectivity index (χ4v) is 2.53. The highest BCUT2D eigenvalue weighted by Gasteiger charge is 2.33. The van der Waals surface area contributed by atoms with E-state index in [-0.39, 0.29) is 0 Å². The average Bonchev–Trinajstić information content (AvgIpc) is 2.84. The van der Waals surface area contributed by atoms with Crippen LogP contribution in [0.1, 0.15) is 39.0 Å². The van der Waals surface area contributed by atoms with Crippen LogP contribution in [0.5, 0.6) is 0 Å². The summed E-state index contributed by atoms with van der Waals surface area (Å²) >= 11 is 0. The molecule has 0 saturated heterocycles. The van der Waals surface area contributed by atoms with Gasteiger partial charge < -0.3 is 15.8 Å². The smallest absolute Gasteiger partial charge is 0.188 e. The van der Waals surface area contributed by atoms with Gasteiger partial charge in [-0.3, -0.25) is 4.99 Å². The minimum atomic E-state index is 0.315. The molecule has 1 saturated carbocycles. The summed E-state index contributed by atoms with van der Waals surface area (Å²) in [6, 6.07) is 0. The van der Waals surface area contributed by atoms with E-state index in [9.17, 15) is 0 Å². The van der Waals surface area contributed by atoms with Crippen molar-refractivity contribution in [2.24, 2.45) is 16.1 Å². The molecule has 0 amide bonds. The maximum Gasteiger partial charge on any atom is 0.188 e. The summed E-state index contributed by atoms with van der Waals surface area (Å²) in [6.07, 6.45) is 7.99. The van der Waals surface area contributed by atoms with E-state index >= 15 is 0 Å². The lowest BCUT2D eigenvalue weighted by Gasteiger charge is -2.27. The van der Waals surface area contributed by atoms with Crippen LogP contribution >= 0.6 is 0 Å². The third-order valence-electron chi connectivity index (χ3n) is 3.66. The molecule has 1 fully saturated rings. The summed E-state index contributed by atoms with van der Waals surface area (Å²) in [6.45, 7) is 8.80. The zero-order valence-electron chi connectivity index (χ0n) is 11.6. The summed E-state index contributed by atoms with van der Waals surface area (Å²) in [4.78, 5) is 4.47. The Hall–Kier alpha value is -1.03. The molecule has 0 aromatic rings. The van der Waals surface area contributed by atoms with E-state index in [0.29, 0.717) is 17.9 Å². The van der Waals surface area contributed by atoms with Crippen molar-refractivity contribution in [3.05, 3.63) is 12.7 Å². The molecule has 3 N–H and O–H groups in total. The molecule has 0 bridgehead atoms. The van der Waals surface area contributed by atoms with Crippen LogP contribution in [0, 0.1) is 5.41 Å². The summed E-state index contributed by atoms with van der Waals surface area (Å²) in [5, 5.41) is 3.02. The van der Waals surface area contributed by atoms with Crippen LogP contribution in [-0.2, 0) is 4.74 Å². The van der Waals surface area contributed by atoms with Gasteiger partial charge in [0.1, 0.15) is 0 Å². The van der Waals surface area contributed by atoms with Crippen molar-refractivity contribution < 1.29 is 4.74 Å². The standard InChI is InChI=1S/C14H27N3O/c1-3-10-16-13(15)17-12-14(7-5-6-8-14)9-11-18-4-2/h3H,1,4-12H2,2H3,(H3,15,16,17). The molecule has 0 heterocycles. The third-order valence-corrected chi connectivity index (χ3v) is 3.66. The fraction of sp³-hybridized carbons (Fsp3) is 0.786. The third kappa shape index (κ3) is 5.08. The highest BCUT2D eigenvalue weighted by atomic mass is 16.5. The Morgan fingerprint density at radius 3 is 2.83 bits per heavy atom. The number of rotatable bonds is 8. The Labute approximate surface area is 111 Å². The first kappa shape index (κ1) is 15.0. The van der Waals surface area contributed by atoms with E-state index in [2.05, 4.69) is 16.9 Å². The van der Waals surface area contributed by atoms with Crippen molar-refractivity contribution in [3.63, 3.8) is 0 Å². The summed E-state index contributed by atoms with van der Waals surface area (Å²) in [5.41, 5.74) is 6.13. The van der Waals surface area contributed by atoms with Crippen molar-refractivity contribution in [2.45, 2.75) is 39.0 Å². The Morgan fingerprint density at radius 2 is 2.22 bits per heavy atom. The molecule has 4 nitrogen and oxygen atoms in total. The largest absolute Gasteiger partial charge is 0.382 e. The molecule has 0 aliphatic heterocycles. The van der Waals surface area contributed by atoms with Gasteiger partial charge in [-0.1, -0.05) is 18.9 Å². The first-order valence-electron chi connectivity index (χ1n) is 6.95. The van der Waals surface area contributed by atoms with Crippen molar-refractivity contribution in [1.29, 1.82) is 0 Å². The van der Waals surface area contributed by atoms with E-state index in [4.69, 9.17) is 10.5 Å². The highest BCUT2D eigenvalue weighted by molar-refractivity contribution is 5.77. The number of hydrogen-bond acceptors (Lipinski definition) is 2. The number of nitrogens with zero attached hydrogens (tertiary/aromatic N) is 1. The Bertz CT molecular complexity index is 270. The van der Waals surface area contributed by atoms with Gasteiger partial charge in [-0.25, -0.2) is 0 Å². The molecule has 0 unspecified atom stereocenters. The van der Waals surface area contributed by atoms with Crippen LogP contribution in [0.4, 0.5) is 0 Å². The van der Waals surface area contributed by atoms with E-state index in [1.807, 2.05) is 6.92 Å². The number of nitrogens with two attached hydrogens (primary N) is 1. The van der Waals surface area contributed by atoms with E-state index in [1.165, 1.54) is 25.7 Å². The van der Waals surface area contributed by atoms with Crippen LogP contribution in [0.25, 0.3) is 0 Å². The summed E-state index contributed by atoms with van der Waals surface area (Å²) in [5.74, 6) is 0.526. The highest BCUT2D eigenvalue weighted by Crippen LogP contribution is 2.41. The molecule has 0 atom stereocenters. The topological polar surface area (TPSA) is 59.6 Å². The SMILES string of the molecule is C=CCNC(N)=NCC1(CCOCC)CCCC1. The lowest BCUT2D eigenvalue weighted by atomic mass is 9.83. The first-order valence-corrected chi connectivity index (χ1v) is 6.95. The molecule has 1 aliphatic rings. The zero-order valence-corrected chi connectivity index (χ0v) is 11.6. The maximum absolute atomic E-state index is 5.81. The van der Waals surface area contributed by atoms with Crippen molar-refractivity contribution in [3.8, 4) is 0 Å². The lowest BCUT2D eigenvalue weighted by molar-refractivity contribution is 0.107. The quantitative estimate of drug-likeness (QED) is 0.301. The summed E-state index contributed by atoms with van der Waals surface area (Å²) in [7, 11) is 0. The van der Waals surface area contributed by atoms with Crippen LogP contribution in [0.15, 0.2) is 17.6 Å². The molecule has 0 spiro atoms. The van der Waals surface area contributed by atoms with Gasteiger partial charge in [-0.15, -0.1) is 6.58 Å². The second-order valence-corrected chi connectivity index (χ2v) is 5.03. The second kappa shape index (κ2) is 8.14. The molecule has 0 aromatic carbocycles. The number of aliphatic imine (C=N–C) groups is 1. The second-order valence-electron chi connectivity index (χ2n) is 5.03. The van der Waals surface area contributed by atoms with Gasteiger partial charge in [0.15, 0.2) is 5.96 Å². The van der Waals surface area contributed by atoms with Gasteiger partial charge in [0.25, 0.3) is 0 Å². The maximum atomic E-state index is 5.81. The van der Waals surface area contributed by atoms with E-state index in [1.54, 1.807) is 6.08 Å². The number of ether oxygens (including phenoxy) is 1. The van der Waals surface area contributed by atoms with Gasteiger partial charge in [0.05, 0.1) is 0 Å². The number of guanidine groups is 1. The van der Waals surface area contributed by atoms with Crippen molar-refractivity contribution >= 4 is 5.96 Å². The summed E-state index contributed by atoms with van der Waals surface area (Å²) < 4.78 is 5.48. The average molecular weight is 253 g/mol. The molecule has 0 aromatic heterocycles. The predicted octanol–water partition coefficient (Wildman–Crippen LogP) is 2.06. The molecule has 1 rings (SSSR count). The monoisotopic (exact) mass is 253 g/mol. The number of hydrogen-bond donors (Lipinski definition) is 2. The van der Waals surface area contributed by atoms with Crippen LogP contribution < -0.4 is 11.1 Å². The Kier molecular flexibility index (Phi) is 6.80. The normalized spacial score (nSPS) is 18.8. The molecule has 0 radical (unpaired) electrons. The Morgan fingerprint density at radius 1 is 1.50 bits per heavy atom. The van der Waals surface area contributed by atoms with Gasteiger partial charge in [-0.05, 0) is 31.6 Å². The fourth-order valence-electron chi connectivity index (χ4n) is 2.53. The van der Waals surface area contributed by atoms with Gasteiger partial charge >= 0.3 is 0 Å². The molecule has 4 heteroatoms. The zero-order chi connectivity index (χ0) is 13.3. The lowest BCUT2D eigenvalue weighted by Crippen LogP contribution is -2.33.